The molecule has 3 atom stereocenters. The van der Waals surface area contributed by atoms with Crippen molar-refractivity contribution in [3.8, 4) is 0 Å². The van der Waals surface area contributed by atoms with Gasteiger partial charge >= 0.3 is 5.97 Å². The maximum atomic E-state index is 12.0. The average molecular weight is 277 g/mol. The highest BCUT2D eigenvalue weighted by Gasteiger charge is 2.43. The van der Waals surface area contributed by atoms with Gasteiger partial charge in [-0.15, -0.1) is 0 Å². The number of carbonyl (C=O) groups excluding carboxylic acids is 1. The number of fused-ring (bicyclic) bond motifs is 2. The van der Waals surface area contributed by atoms with Crippen LogP contribution in [0.25, 0.3) is 0 Å². The van der Waals surface area contributed by atoms with Gasteiger partial charge in [0.05, 0.1) is 12.3 Å². The third kappa shape index (κ3) is 2.25. The van der Waals surface area contributed by atoms with Gasteiger partial charge in [-0.3, -0.25) is 0 Å². The smallest absolute Gasteiger partial charge is 0.376 e. The van der Waals surface area contributed by atoms with Crippen LogP contribution in [0.1, 0.15) is 80.4 Å². The molecule has 3 unspecified atom stereocenters. The van der Waals surface area contributed by atoms with Crippen molar-refractivity contribution in [2.75, 3.05) is 6.61 Å². The predicted molar refractivity (Wildman–Crippen MR) is 74.7 cm³/mol. The number of aromatic nitrogens is 1. The van der Waals surface area contributed by atoms with E-state index in [0.29, 0.717) is 24.2 Å². The Labute approximate surface area is 119 Å². The molecule has 2 fully saturated rings. The number of hydrogen-bond acceptors (Lipinski definition) is 4. The van der Waals surface area contributed by atoms with Crippen LogP contribution in [0.5, 0.6) is 0 Å². The number of rotatable bonds is 4. The van der Waals surface area contributed by atoms with Crippen LogP contribution in [0.4, 0.5) is 0 Å². The Kier molecular flexibility index (Phi) is 3.57. The predicted octanol–water partition coefficient (Wildman–Crippen LogP) is 3.88. The molecule has 2 bridgehead atoms. The van der Waals surface area contributed by atoms with Crippen LogP contribution in [0, 0.1) is 11.8 Å². The van der Waals surface area contributed by atoms with Crippen LogP contribution >= 0.6 is 0 Å². The van der Waals surface area contributed by atoms with E-state index < -0.39 is 0 Å². The van der Waals surface area contributed by atoms with Crippen LogP contribution in [0.3, 0.4) is 0 Å². The summed E-state index contributed by atoms with van der Waals surface area (Å²) in [5, 5.41) is 0. The number of oxazole rings is 1. The van der Waals surface area contributed by atoms with Gasteiger partial charge in [0.1, 0.15) is 0 Å². The first-order valence-corrected chi connectivity index (χ1v) is 7.77. The zero-order valence-corrected chi connectivity index (χ0v) is 12.5. The summed E-state index contributed by atoms with van der Waals surface area (Å²) in [6, 6.07) is 0. The van der Waals surface area contributed by atoms with Crippen molar-refractivity contribution in [2.45, 2.75) is 58.3 Å². The van der Waals surface area contributed by atoms with Crippen LogP contribution in [-0.4, -0.2) is 17.6 Å². The SMILES string of the molecule is CCOC(=O)c1oc(C2CC3CCC2C3)nc1C(C)C. The summed E-state index contributed by atoms with van der Waals surface area (Å²) >= 11 is 0. The molecule has 0 N–H and O–H groups in total. The Balaban J connectivity index is 1.89. The maximum Gasteiger partial charge on any atom is 0.376 e. The minimum absolute atomic E-state index is 0.172. The third-order valence-corrected chi connectivity index (χ3v) is 4.73. The molecule has 1 aromatic heterocycles. The highest BCUT2D eigenvalue weighted by molar-refractivity contribution is 5.87. The molecule has 4 heteroatoms. The van der Waals surface area contributed by atoms with Crippen molar-refractivity contribution in [3.63, 3.8) is 0 Å². The van der Waals surface area contributed by atoms with Gasteiger partial charge in [0.15, 0.2) is 5.89 Å². The fourth-order valence-corrected chi connectivity index (χ4v) is 3.79. The lowest BCUT2D eigenvalue weighted by atomic mass is 9.89. The molecule has 3 rings (SSSR count). The van der Waals surface area contributed by atoms with Gasteiger partial charge in [0, 0.05) is 5.92 Å². The zero-order chi connectivity index (χ0) is 14.3. The van der Waals surface area contributed by atoms with Crippen LogP contribution in [-0.2, 0) is 4.74 Å². The Morgan fingerprint density at radius 1 is 1.40 bits per heavy atom. The average Bonchev–Trinajstić information content (AvgIpc) is 3.13. The molecule has 4 nitrogen and oxygen atoms in total. The molecule has 110 valence electrons. The molecule has 0 amide bonds. The third-order valence-electron chi connectivity index (χ3n) is 4.73. The fourth-order valence-electron chi connectivity index (χ4n) is 3.79. The van der Waals surface area contributed by atoms with Crippen molar-refractivity contribution < 1.29 is 13.9 Å². The molecule has 0 radical (unpaired) electrons. The first-order chi connectivity index (χ1) is 9.60. The van der Waals surface area contributed by atoms with Gasteiger partial charge in [0.25, 0.3) is 0 Å². The lowest BCUT2D eigenvalue weighted by Crippen LogP contribution is -2.08. The standard InChI is InChI=1S/C16H23NO3/c1-4-19-16(18)14-13(9(2)3)17-15(20-14)12-8-10-5-6-11(12)7-10/h9-12H,4-8H2,1-3H3. The molecule has 20 heavy (non-hydrogen) atoms. The summed E-state index contributed by atoms with van der Waals surface area (Å²) in [4.78, 5) is 16.6. The summed E-state index contributed by atoms with van der Waals surface area (Å²) in [5.74, 6) is 2.83. The van der Waals surface area contributed by atoms with Crippen LogP contribution in [0.15, 0.2) is 4.42 Å². The summed E-state index contributed by atoms with van der Waals surface area (Å²) in [7, 11) is 0. The summed E-state index contributed by atoms with van der Waals surface area (Å²) in [5.41, 5.74) is 0.751. The molecule has 2 aliphatic carbocycles. The monoisotopic (exact) mass is 277 g/mol. The number of esters is 1. The second-order valence-electron chi connectivity index (χ2n) is 6.42. The minimum Gasteiger partial charge on any atom is -0.460 e. The number of carbonyl (C=O) groups is 1. The maximum absolute atomic E-state index is 12.0. The summed E-state index contributed by atoms with van der Waals surface area (Å²) in [6.45, 7) is 6.23. The number of nitrogens with zero attached hydrogens (tertiary/aromatic N) is 1. The zero-order valence-electron chi connectivity index (χ0n) is 12.5. The molecule has 0 aromatic carbocycles. The lowest BCUT2D eigenvalue weighted by molar-refractivity contribution is 0.0484. The van der Waals surface area contributed by atoms with Crippen molar-refractivity contribution in [3.05, 3.63) is 17.3 Å². The Hall–Kier alpha value is -1.32. The first kappa shape index (κ1) is 13.7. The van der Waals surface area contributed by atoms with Crippen molar-refractivity contribution in [1.82, 2.24) is 4.98 Å². The normalized spacial score (nSPS) is 28.3. The lowest BCUT2D eigenvalue weighted by Gasteiger charge is -2.17. The first-order valence-electron chi connectivity index (χ1n) is 7.77. The van der Waals surface area contributed by atoms with Gasteiger partial charge in [0.2, 0.25) is 5.76 Å². The van der Waals surface area contributed by atoms with E-state index in [1.165, 1.54) is 25.7 Å². The van der Waals surface area contributed by atoms with Crippen molar-refractivity contribution >= 4 is 5.97 Å². The van der Waals surface area contributed by atoms with Gasteiger partial charge in [-0.2, -0.15) is 0 Å². The molecule has 2 saturated carbocycles. The van der Waals surface area contributed by atoms with Gasteiger partial charge in [-0.25, -0.2) is 9.78 Å². The van der Waals surface area contributed by atoms with E-state index >= 15 is 0 Å². The van der Waals surface area contributed by atoms with Gasteiger partial charge in [-0.05, 0) is 43.9 Å². The molecule has 0 aliphatic heterocycles. The molecule has 2 aliphatic rings. The minimum atomic E-state index is -0.377. The molecular formula is C16H23NO3. The quantitative estimate of drug-likeness (QED) is 0.784. The fraction of sp³-hybridized carbons (Fsp3) is 0.750. The van der Waals surface area contributed by atoms with Gasteiger partial charge < -0.3 is 9.15 Å². The second kappa shape index (κ2) is 5.23. The molecule has 1 aromatic rings. The highest BCUT2D eigenvalue weighted by Crippen LogP contribution is 2.52. The Morgan fingerprint density at radius 2 is 2.20 bits per heavy atom. The van der Waals surface area contributed by atoms with E-state index in [4.69, 9.17) is 9.15 Å². The number of ether oxygens (including phenoxy) is 1. The summed E-state index contributed by atoms with van der Waals surface area (Å²) < 4.78 is 10.9. The second-order valence-corrected chi connectivity index (χ2v) is 6.42. The van der Waals surface area contributed by atoms with Crippen molar-refractivity contribution in [2.24, 2.45) is 11.8 Å². The van der Waals surface area contributed by atoms with Crippen LogP contribution < -0.4 is 0 Å². The molecule has 0 saturated heterocycles. The van der Waals surface area contributed by atoms with Crippen molar-refractivity contribution in [1.29, 1.82) is 0 Å². The summed E-state index contributed by atoms with van der Waals surface area (Å²) in [6.07, 6.45) is 5.11. The molecule has 1 heterocycles. The Bertz CT molecular complexity index is 506. The topological polar surface area (TPSA) is 52.3 Å². The van der Waals surface area contributed by atoms with E-state index in [0.717, 1.165) is 17.5 Å². The molecular weight excluding hydrogens is 254 g/mol. The molecule has 0 spiro atoms. The van der Waals surface area contributed by atoms with E-state index in [9.17, 15) is 4.79 Å². The van der Waals surface area contributed by atoms with E-state index in [2.05, 4.69) is 4.98 Å². The van der Waals surface area contributed by atoms with Crippen LogP contribution in [0.2, 0.25) is 0 Å². The Morgan fingerprint density at radius 3 is 2.75 bits per heavy atom. The van der Waals surface area contributed by atoms with Gasteiger partial charge in [-0.1, -0.05) is 20.3 Å². The van der Waals surface area contributed by atoms with E-state index in [1.807, 2.05) is 13.8 Å². The van der Waals surface area contributed by atoms with E-state index in [1.54, 1.807) is 6.92 Å². The highest BCUT2D eigenvalue weighted by atomic mass is 16.5. The number of hydrogen-bond donors (Lipinski definition) is 0. The van der Waals surface area contributed by atoms with E-state index in [-0.39, 0.29) is 11.9 Å². The largest absolute Gasteiger partial charge is 0.460 e.